The summed E-state index contributed by atoms with van der Waals surface area (Å²) >= 11 is 0. The van der Waals surface area contributed by atoms with Crippen molar-refractivity contribution in [3.05, 3.63) is 0 Å². The van der Waals surface area contributed by atoms with E-state index in [1.165, 1.54) is 25.7 Å². The highest BCUT2D eigenvalue weighted by atomic mass is 16.5. The lowest BCUT2D eigenvalue weighted by Gasteiger charge is -2.40. The van der Waals surface area contributed by atoms with Crippen LogP contribution in [0.25, 0.3) is 0 Å². The molecule has 0 saturated heterocycles. The lowest BCUT2D eigenvalue weighted by atomic mass is 9.67. The number of hydrogen-bond acceptors (Lipinski definition) is 2. The van der Waals surface area contributed by atoms with Crippen LogP contribution in [0.4, 0.5) is 0 Å². The van der Waals surface area contributed by atoms with Gasteiger partial charge < -0.3 is 4.74 Å². The third-order valence-corrected chi connectivity index (χ3v) is 6.14. The molecule has 1 aliphatic carbocycles. The standard InChI is InChI=1S/C21H40O2/c1-8-18(14-17-12-10-11-13-20(17,5)6)23-19(22)21(7,9-2)15-16(3)4/h16-18H,8-15H2,1-7H3. The molecule has 0 spiro atoms. The van der Waals surface area contributed by atoms with E-state index >= 15 is 0 Å². The summed E-state index contributed by atoms with van der Waals surface area (Å²) in [5.74, 6) is 1.23. The van der Waals surface area contributed by atoms with E-state index in [0.29, 0.717) is 17.3 Å². The van der Waals surface area contributed by atoms with Crippen LogP contribution in [0, 0.1) is 22.7 Å². The van der Waals surface area contributed by atoms with Crippen molar-refractivity contribution in [3.8, 4) is 0 Å². The molecule has 1 rings (SSSR count). The molecule has 0 aromatic carbocycles. The third-order valence-electron chi connectivity index (χ3n) is 6.14. The zero-order valence-corrected chi connectivity index (χ0v) is 16.7. The molecule has 23 heavy (non-hydrogen) atoms. The molecular formula is C21H40O2. The predicted octanol–water partition coefficient (Wildman–Crippen LogP) is 6.38. The van der Waals surface area contributed by atoms with E-state index in [-0.39, 0.29) is 17.5 Å². The van der Waals surface area contributed by atoms with Gasteiger partial charge in [-0.15, -0.1) is 0 Å². The molecule has 2 nitrogen and oxygen atoms in total. The zero-order chi connectivity index (χ0) is 17.7. The van der Waals surface area contributed by atoms with Crippen molar-refractivity contribution in [2.75, 3.05) is 0 Å². The van der Waals surface area contributed by atoms with Gasteiger partial charge >= 0.3 is 5.97 Å². The van der Waals surface area contributed by atoms with Crippen LogP contribution in [-0.4, -0.2) is 12.1 Å². The Kier molecular flexibility index (Phi) is 7.61. The van der Waals surface area contributed by atoms with Gasteiger partial charge in [0, 0.05) is 0 Å². The minimum atomic E-state index is -0.330. The second-order valence-electron chi connectivity index (χ2n) is 9.11. The number of carbonyl (C=O) groups excluding carboxylic acids is 1. The third kappa shape index (κ3) is 5.80. The number of carbonyl (C=O) groups is 1. The van der Waals surface area contributed by atoms with Crippen molar-refractivity contribution in [2.24, 2.45) is 22.7 Å². The first-order valence-electron chi connectivity index (χ1n) is 9.85. The van der Waals surface area contributed by atoms with Crippen LogP contribution in [-0.2, 0) is 9.53 Å². The van der Waals surface area contributed by atoms with Gasteiger partial charge in [0.05, 0.1) is 5.41 Å². The van der Waals surface area contributed by atoms with Crippen LogP contribution in [0.5, 0.6) is 0 Å². The molecule has 1 aliphatic rings. The quantitative estimate of drug-likeness (QED) is 0.484. The van der Waals surface area contributed by atoms with Gasteiger partial charge in [0.15, 0.2) is 0 Å². The van der Waals surface area contributed by atoms with Gasteiger partial charge in [-0.3, -0.25) is 4.79 Å². The van der Waals surface area contributed by atoms with E-state index in [1.54, 1.807) is 0 Å². The molecule has 0 bridgehead atoms. The Hall–Kier alpha value is -0.530. The number of esters is 1. The zero-order valence-electron chi connectivity index (χ0n) is 16.7. The fraction of sp³-hybridized carbons (Fsp3) is 0.952. The lowest BCUT2D eigenvalue weighted by Crippen LogP contribution is -2.36. The van der Waals surface area contributed by atoms with Crippen LogP contribution in [0.15, 0.2) is 0 Å². The van der Waals surface area contributed by atoms with Gasteiger partial charge in [0.2, 0.25) is 0 Å². The maximum Gasteiger partial charge on any atom is 0.312 e. The second-order valence-corrected chi connectivity index (χ2v) is 9.11. The number of hydrogen-bond donors (Lipinski definition) is 0. The van der Waals surface area contributed by atoms with E-state index in [0.717, 1.165) is 25.7 Å². The van der Waals surface area contributed by atoms with Crippen LogP contribution >= 0.6 is 0 Å². The molecule has 0 aliphatic heterocycles. The van der Waals surface area contributed by atoms with Crippen molar-refractivity contribution >= 4 is 5.97 Å². The molecule has 3 atom stereocenters. The van der Waals surface area contributed by atoms with E-state index in [2.05, 4.69) is 48.5 Å². The molecular weight excluding hydrogens is 284 g/mol. The molecule has 136 valence electrons. The molecule has 0 aromatic heterocycles. The van der Waals surface area contributed by atoms with Gasteiger partial charge in [-0.1, -0.05) is 54.4 Å². The summed E-state index contributed by atoms with van der Waals surface area (Å²) in [6, 6.07) is 0. The minimum absolute atomic E-state index is 0.0224. The molecule has 1 saturated carbocycles. The highest BCUT2D eigenvalue weighted by Crippen LogP contribution is 2.43. The lowest BCUT2D eigenvalue weighted by molar-refractivity contribution is -0.163. The first-order chi connectivity index (χ1) is 10.6. The summed E-state index contributed by atoms with van der Waals surface area (Å²) in [6.45, 7) is 15.5. The van der Waals surface area contributed by atoms with Gasteiger partial charge in [-0.25, -0.2) is 0 Å². The minimum Gasteiger partial charge on any atom is -0.462 e. The van der Waals surface area contributed by atoms with Crippen molar-refractivity contribution in [1.29, 1.82) is 0 Å². The molecule has 0 N–H and O–H groups in total. The van der Waals surface area contributed by atoms with Crippen LogP contribution in [0.3, 0.4) is 0 Å². The fourth-order valence-electron chi connectivity index (χ4n) is 4.19. The van der Waals surface area contributed by atoms with Crippen molar-refractivity contribution in [1.82, 2.24) is 0 Å². The summed E-state index contributed by atoms with van der Waals surface area (Å²) in [5, 5.41) is 0. The fourth-order valence-corrected chi connectivity index (χ4v) is 4.19. The van der Waals surface area contributed by atoms with Gasteiger partial charge in [0.25, 0.3) is 0 Å². The molecule has 0 heterocycles. The summed E-state index contributed by atoms with van der Waals surface area (Å²) in [7, 11) is 0. The van der Waals surface area contributed by atoms with Crippen molar-refractivity contribution in [3.63, 3.8) is 0 Å². The summed E-state index contributed by atoms with van der Waals surface area (Å²) in [4.78, 5) is 12.8. The maximum atomic E-state index is 12.8. The van der Waals surface area contributed by atoms with Crippen molar-refractivity contribution < 1.29 is 9.53 Å². The molecule has 0 radical (unpaired) electrons. The maximum absolute atomic E-state index is 12.8. The monoisotopic (exact) mass is 324 g/mol. The van der Waals surface area contributed by atoms with Crippen molar-refractivity contribution in [2.45, 2.75) is 106 Å². The second kappa shape index (κ2) is 8.53. The smallest absolute Gasteiger partial charge is 0.312 e. The topological polar surface area (TPSA) is 26.3 Å². The van der Waals surface area contributed by atoms with Gasteiger partial charge in [-0.2, -0.15) is 0 Å². The molecule has 1 fully saturated rings. The highest BCUT2D eigenvalue weighted by Gasteiger charge is 2.37. The number of ether oxygens (including phenoxy) is 1. The van der Waals surface area contributed by atoms with E-state index in [1.807, 2.05) is 0 Å². The Morgan fingerprint density at radius 2 is 1.91 bits per heavy atom. The summed E-state index contributed by atoms with van der Waals surface area (Å²) in [6.07, 6.45) is 9.10. The van der Waals surface area contributed by atoms with E-state index in [9.17, 15) is 4.79 Å². The summed E-state index contributed by atoms with van der Waals surface area (Å²) in [5.41, 5.74) is 0.0632. The van der Waals surface area contributed by atoms with E-state index < -0.39 is 0 Å². The predicted molar refractivity (Wildman–Crippen MR) is 98.4 cm³/mol. The SMILES string of the molecule is CCC(CC1CCCCC1(C)C)OC(=O)C(C)(CC)CC(C)C. The Morgan fingerprint density at radius 3 is 2.39 bits per heavy atom. The first kappa shape index (κ1) is 20.5. The van der Waals surface area contributed by atoms with Crippen LogP contribution in [0.2, 0.25) is 0 Å². The Morgan fingerprint density at radius 1 is 1.26 bits per heavy atom. The van der Waals surface area contributed by atoms with Crippen LogP contribution < -0.4 is 0 Å². The Bertz CT molecular complexity index is 372. The molecule has 0 amide bonds. The first-order valence-corrected chi connectivity index (χ1v) is 9.85. The van der Waals surface area contributed by atoms with Crippen LogP contribution in [0.1, 0.15) is 99.8 Å². The highest BCUT2D eigenvalue weighted by molar-refractivity contribution is 5.76. The summed E-state index contributed by atoms with van der Waals surface area (Å²) < 4.78 is 6.01. The Balaban J connectivity index is 2.69. The van der Waals surface area contributed by atoms with E-state index in [4.69, 9.17) is 4.74 Å². The van der Waals surface area contributed by atoms with Gasteiger partial charge in [-0.05, 0) is 62.7 Å². The Labute approximate surface area is 144 Å². The molecule has 0 aromatic rings. The largest absolute Gasteiger partial charge is 0.462 e. The number of rotatable bonds is 8. The van der Waals surface area contributed by atoms with Gasteiger partial charge in [0.1, 0.15) is 6.10 Å². The normalized spacial score (nSPS) is 25.0. The molecule has 3 unspecified atom stereocenters. The molecule has 2 heteroatoms. The average Bonchev–Trinajstić information content (AvgIpc) is 2.47. The average molecular weight is 325 g/mol.